The Bertz CT molecular complexity index is 1440. The summed E-state index contributed by atoms with van der Waals surface area (Å²) in [5.41, 5.74) is -6.27. The first kappa shape index (κ1) is 39.3. The van der Waals surface area contributed by atoms with Gasteiger partial charge in [-0.1, -0.05) is 77.1 Å². The van der Waals surface area contributed by atoms with Crippen LogP contribution in [0.1, 0.15) is 65.9 Å². The van der Waals surface area contributed by atoms with Crippen LogP contribution in [0.2, 0.25) is 0 Å². The van der Waals surface area contributed by atoms with Crippen LogP contribution in [0.15, 0.2) is 54.6 Å². The highest BCUT2D eigenvalue weighted by Crippen LogP contribution is 2.56. The zero-order valence-electron chi connectivity index (χ0n) is 28.2. The maximum atomic E-state index is 13.0. The van der Waals surface area contributed by atoms with Gasteiger partial charge < -0.3 is 44.5 Å². The van der Waals surface area contributed by atoms with E-state index in [4.69, 9.17) is 18.9 Å². The van der Waals surface area contributed by atoms with Crippen LogP contribution >= 0.6 is 0 Å². The molecule has 49 heavy (non-hydrogen) atoms. The van der Waals surface area contributed by atoms with Gasteiger partial charge in [-0.25, -0.2) is 19.2 Å². The molecule has 5 N–H and O–H groups in total. The summed E-state index contributed by atoms with van der Waals surface area (Å²) in [6.07, 6.45) is -4.83. The molecule has 2 aliphatic heterocycles. The molecule has 2 fully saturated rings. The fraction of sp³-hybridized carbons (Fsp3) is 0.571. The van der Waals surface area contributed by atoms with Crippen molar-refractivity contribution in [2.45, 2.75) is 108 Å². The van der Waals surface area contributed by atoms with Gasteiger partial charge in [0.1, 0.15) is 12.2 Å². The van der Waals surface area contributed by atoms with E-state index in [1.165, 1.54) is 13.0 Å². The van der Waals surface area contributed by atoms with Crippen LogP contribution in [0.3, 0.4) is 0 Å². The topological polar surface area (TPSA) is 223 Å². The van der Waals surface area contributed by atoms with Gasteiger partial charge in [-0.05, 0) is 42.2 Å². The fourth-order valence-corrected chi connectivity index (χ4v) is 6.58. The number of carbonyl (C=O) groups excluding carboxylic acids is 2. The van der Waals surface area contributed by atoms with E-state index in [1.807, 2.05) is 51.1 Å². The van der Waals surface area contributed by atoms with Gasteiger partial charge in [0.2, 0.25) is 23.1 Å². The van der Waals surface area contributed by atoms with Crippen molar-refractivity contribution in [3.8, 4) is 0 Å². The maximum Gasteiger partial charge on any atom is 0.344 e. The summed E-state index contributed by atoms with van der Waals surface area (Å²) in [6, 6.07) is 9.29. The zero-order chi connectivity index (χ0) is 36.9. The maximum absolute atomic E-state index is 13.0. The number of allylic oxidation sites excluding steroid dienone is 1. The highest BCUT2D eigenvalue weighted by molar-refractivity contribution is 5.98. The van der Waals surface area contributed by atoms with Gasteiger partial charge in [-0.3, -0.25) is 4.79 Å². The summed E-state index contributed by atoms with van der Waals surface area (Å²) in [4.78, 5) is 63.0. The number of aliphatic hydroxyl groups is 2. The fourth-order valence-electron chi connectivity index (χ4n) is 6.58. The molecule has 14 heteroatoms. The molecule has 1 aromatic carbocycles. The second-order valence-electron chi connectivity index (χ2n) is 13.1. The molecular weight excluding hydrogens is 656 g/mol. The van der Waals surface area contributed by atoms with Crippen molar-refractivity contribution in [3.63, 3.8) is 0 Å². The first-order valence-corrected chi connectivity index (χ1v) is 16.1. The Kier molecular flexibility index (Phi) is 12.5. The Balaban J connectivity index is 2.02. The molecule has 3 rings (SSSR count). The highest BCUT2D eigenvalue weighted by Gasteiger charge is 2.85. The molecule has 0 aliphatic carbocycles. The number of rotatable bonds is 17. The molecule has 0 spiro atoms. The van der Waals surface area contributed by atoms with E-state index < -0.39 is 77.7 Å². The third kappa shape index (κ3) is 7.88. The predicted octanol–water partition coefficient (Wildman–Crippen LogP) is 2.88. The molecule has 270 valence electrons. The minimum Gasteiger partial charge on any atom is -0.479 e. The van der Waals surface area contributed by atoms with Gasteiger partial charge in [-0.15, -0.1) is 0 Å². The lowest BCUT2D eigenvalue weighted by molar-refractivity contribution is -0.374. The first-order chi connectivity index (χ1) is 22.9. The number of carbonyl (C=O) groups is 5. The molecule has 1 aromatic rings. The number of hydrogen-bond donors (Lipinski definition) is 5. The number of aliphatic hydroxyl groups excluding tert-OH is 1. The van der Waals surface area contributed by atoms with E-state index in [0.29, 0.717) is 18.8 Å². The lowest BCUT2D eigenvalue weighted by Gasteiger charge is -2.48. The number of hydrogen-bond acceptors (Lipinski definition) is 11. The summed E-state index contributed by atoms with van der Waals surface area (Å²) in [5, 5.41) is 53.5. The molecule has 2 heterocycles. The normalized spacial score (nSPS) is 30.1. The van der Waals surface area contributed by atoms with Crippen molar-refractivity contribution < 1.29 is 68.5 Å². The van der Waals surface area contributed by atoms with Crippen molar-refractivity contribution in [3.05, 3.63) is 60.2 Å². The van der Waals surface area contributed by atoms with E-state index in [0.717, 1.165) is 18.1 Å². The first-order valence-electron chi connectivity index (χ1n) is 16.1. The van der Waals surface area contributed by atoms with E-state index in [-0.39, 0.29) is 23.8 Å². The van der Waals surface area contributed by atoms with Crippen LogP contribution in [0.25, 0.3) is 0 Å². The number of carboxylic acids is 3. The summed E-state index contributed by atoms with van der Waals surface area (Å²) in [7, 11) is 0. The van der Waals surface area contributed by atoms with Gasteiger partial charge in [0.15, 0.2) is 6.10 Å². The second kappa shape index (κ2) is 15.6. The molecule has 0 unspecified atom stereocenters. The summed E-state index contributed by atoms with van der Waals surface area (Å²) >= 11 is 0. The van der Waals surface area contributed by atoms with E-state index >= 15 is 0 Å². The van der Waals surface area contributed by atoms with Crippen LogP contribution in [-0.4, -0.2) is 96.8 Å². The number of carboxylic acid groups (broad SMARTS) is 3. The van der Waals surface area contributed by atoms with Crippen LogP contribution < -0.4 is 0 Å². The lowest BCUT2D eigenvalue weighted by Crippen LogP contribution is -2.78. The number of benzene rings is 1. The standard InChI is InChI=1S/C35H46O14/c1-7-19(2)17-20(3)13-14-25(37)47-28-27(38)33(48-29(30(39)40)34(45,31(41)42)35(28,49-33)32(43)44)16-15-21(4)26(46-23(6)36)22(5)18-24-11-9-8-10-12-24/h8-14,19-20,22,26-29,38,45H,4,7,15-18H2,1-3,5-6H3,(H,39,40)(H,41,42)(H,43,44)/b14-13+/t19-,20+,22+,26+,27+,28+,29+,33-,34+,35-/m0/s1/i7+1,13+1,15+1,17+1,23+1,25+1,26+1,28+1,30+1,31+1,32+1,33+1. The molecule has 0 saturated carbocycles. The summed E-state index contributed by atoms with van der Waals surface area (Å²) in [5.74, 6) is -11.3. The number of fused-ring (bicyclic) bond motifs is 2. The molecule has 0 radical (unpaired) electrons. The highest BCUT2D eigenvalue weighted by atomic mass is 16.9. The molecule has 14 nitrogen and oxygen atoms in total. The quantitative estimate of drug-likeness (QED) is 0.0682. The van der Waals surface area contributed by atoms with Crippen LogP contribution in [0.5, 0.6) is 0 Å². The van der Waals surface area contributed by atoms with Gasteiger partial charge in [0.25, 0.3) is 0 Å². The number of ether oxygens (including phenoxy) is 4. The van der Waals surface area contributed by atoms with Gasteiger partial charge in [0.05, 0.1) is 0 Å². The molecule has 10 atom stereocenters. The summed E-state index contributed by atoms with van der Waals surface area (Å²) in [6.45, 7) is 12.9. The zero-order valence-corrected chi connectivity index (χ0v) is 28.2. The predicted molar refractivity (Wildman–Crippen MR) is 171 cm³/mol. The van der Waals surface area contributed by atoms with Gasteiger partial charge >= 0.3 is 29.8 Å². The Labute approximate surface area is 284 Å². The smallest absolute Gasteiger partial charge is 0.344 e. The Morgan fingerprint density at radius 3 is 2.20 bits per heavy atom. The van der Waals surface area contributed by atoms with Crippen molar-refractivity contribution in [1.82, 2.24) is 0 Å². The summed E-state index contributed by atoms with van der Waals surface area (Å²) < 4.78 is 22.0. The van der Waals surface area contributed by atoms with Crippen LogP contribution in [0, 0.1) is 17.8 Å². The molecular formula is C35H46O14. The van der Waals surface area contributed by atoms with Crippen molar-refractivity contribution in [1.29, 1.82) is 0 Å². The minimum atomic E-state index is -3.90. The van der Waals surface area contributed by atoms with E-state index in [1.54, 1.807) is 6.92 Å². The molecule has 0 aromatic heterocycles. The second-order valence-corrected chi connectivity index (χ2v) is 13.1. The van der Waals surface area contributed by atoms with Gasteiger partial charge in [0, 0.05) is 25.3 Å². The molecule has 2 aliphatic rings. The Hall–Kier alpha value is -4.11. The number of esters is 2. The number of aliphatic carboxylic acids is 3. The van der Waals surface area contributed by atoms with Crippen molar-refractivity contribution >= 4 is 29.8 Å². The lowest BCUT2D eigenvalue weighted by atomic mass is 9.95. The van der Waals surface area contributed by atoms with Crippen LogP contribution in [-0.2, 0) is 49.3 Å². The molecule has 2 bridgehead atoms. The molecule has 0 amide bonds. The average Bonchev–Trinajstić information content (AvgIpc) is 3.25. The van der Waals surface area contributed by atoms with Crippen molar-refractivity contribution in [2.24, 2.45) is 17.8 Å². The SMILES string of the molecule is C=C([13CH2]C[13C@]12O[C@H]([13C](=O)O)[C@@](O)([13C](=O)O)[C@]([13C](=O)O)(O1)[13C@H](O[13C](=O)/C=[13CH]/[C@@H](C)[13CH2][C@@H](C)[13CH2]C)[C@H]2O)[13C@@H](O[13C](C)=O)[C@H](C)Cc1ccccc1. The van der Waals surface area contributed by atoms with Gasteiger partial charge in [-0.2, -0.15) is 0 Å². The molecule has 2 saturated heterocycles. The third-order valence-corrected chi connectivity index (χ3v) is 9.29. The third-order valence-electron chi connectivity index (χ3n) is 9.29. The Morgan fingerprint density at radius 2 is 1.67 bits per heavy atom. The Morgan fingerprint density at radius 1 is 1.04 bits per heavy atom. The van der Waals surface area contributed by atoms with E-state index in [2.05, 4.69) is 6.58 Å². The largest absolute Gasteiger partial charge is 0.479 e. The monoisotopic (exact) mass is 702 g/mol. The van der Waals surface area contributed by atoms with Crippen LogP contribution in [0.4, 0.5) is 0 Å². The van der Waals surface area contributed by atoms with Crippen molar-refractivity contribution in [2.75, 3.05) is 0 Å². The van der Waals surface area contributed by atoms with E-state index in [9.17, 15) is 49.5 Å². The minimum absolute atomic E-state index is 0.123. The average molecular weight is 703 g/mol.